The summed E-state index contributed by atoms with van der Waals surface area (Å²) in [5.41, 5.74) is 2.41. The average Bonchev–Trinajstić information content (AvgIpc) is 3.34. The van der Waals surface area contributed by atoms with Crippen LogP contribution >= 0.6 is 11.3 Å². The lowest BCUT2D eigenvalue weighted by molar-refractivity contribution is 0.0963. The van der Waals surface area contributed by atoms with Gasteiger partial charge in [0, 0.05) is 48.7 Å². The number of carbonyl (C=O) groups excluding carboxylic acids is 1. The standard InChI is InChI=1S/C22H29N5OS/c1-14(9-17-11-23-19-8-6-5-7-18(17)19)10-20(28)21-24-25-22(29-21)27-12-15(2)26(4)16(3)13-27/h5-8,11,14-16,23H,9-10,12-13H2,1-4H3/t14?,15-,16-/m1/s1. The molecule has 29 heavy (non-hydrogen) atoms. The average molecular weight is 412 g/mol. The van der Waals surface area contributed by atoms with Crippen molar-refractivity contribution in [1.82, 2.24) is 20.1 Å². The van der Waals surface area contributed by atoms with E-state index >= 15 is 0 Å². The minimum Gasteiger partial charge on any atom is -0.361 e. The number of H-pyrrole nitrogens is 1. The quantitative estimate of drug-likeness (QED) is 0.621. The molecule has 1 saturated heterocycles. The number of nitrogens with zero attached hydrogens (tertiary/aromatic N) is 4. The summed E-state index contributed by atoms with van der Waals surface area (Å²) in [6.45, 7) is 8.41. The van der Waals surface area contributed by atoms with E-state index in [1.165, 1.54) is 22.3 Å². The van der Waals surface area contributed by atoms with Crippen LogP contribution < -0.4 is 4.90 Å². The molecule has 1 unspecified atom stereocenters. The summed E-state index contributed by atoms with van der Waals surface area (Å²) < 4.78 is 0. The molecule has 0 amide bonds. The number of ketones is 1. The van der Waals surface area contributed by atoms with Gasteiger partial charge in [0.1, 0.15) is 0 Å². The second-order valence-electron chi connectivity index (χ2n) is 8.45. The molecule has 2 aromatic heterocycles. The summed E-state index contributed by atoms with van der Waals surface area (Å²) >= 11 is 1.43. The first kappa shape index (κ1) is 20.0. The fourth-order valence-corrected chi connectivity index (χ4v) is 4.98. The van der Waals surface area contributed by atoms with E-state index in [1.807, 2.05) is 6.07 Å². The summed E-state index contributed by atoms with van der Waals surface area (Å²) in [6.07, 6.45) is 3.42. The third-order valence-corrected chi connectivity index (χ3v) is 7.09. The van der Waals surface area contributed by atoms with Gasteiger partial charge in [-0.3, -0.25) is 9.69 Å². The minimum absolute atomic E-state index is 0.0938. The molecule has 0 spiro atoms. The van der Waals surface area contributed by atoms with Crippen LogP contribution in [-0.2, 0) is 6.42 Å². The maximum atomic E-state index is 12.8. The molecule has 1 N–H and O–H groups in total. The number of nitrogens with one attached hydrogen (secondary N) is 1. The number of rotatable bonds is 6. The van der Waals surface area contributed by atoms with E-state index in [-0.39, 0.29) is 11.7 Å². The van der Waals surface area contributed by atoms with E-state index < -0.39 is 0 Å². The van der Waals surface area contributed by atoms with Gasteiger partial charge in [-0.25, -0.2) is 0 Å². The second-order valence-corrected chi connectivity index (χ2v) is 9.41. The number of carbonyl (C=O) groups is 1. The molecule has 1 fully saturated rings. The zero-order chi connectivity index (χ0) is 20.5. The highest BCUT2D eigenvalue weighted by Crippen LogP contribution is 2.27. The maximum Gasteiger partial charge on any atom is 0.208 e. The number of aromatic amines is 1. The number of fused-ring (bicyclic) bond motifs is 1. The van der Waals surface area contributed by atoms with Gasteiger partial charge >= 0.3 is 0 Å². The Bertz CT molecular complexity index is 984. The van der Waals surface area contributed by atoms with E-state index in [4.69, 9.17) is 0 Å². The Morgan fingerprint density at radius 2 is 1.97 bits per heavy atom. The fraction of sp³-hybridized carbons (Fsp3) is 0.500. The predicted molar refractivity (Wildman–Crippen MR) is 119 cm³/mol. The van der Waals surface area contributed by atoms with Crippen LogP contribution in [0.25, 0.3) is 10.9 Å². The number of hydrogen-bond donors (Lipinski definition) is 1. The highest BCUT2D eigenvalue weighted by molar-refractivity contribution is 7.17. The Morgan fingerprint density at radius 1 is 1.24 bits per heavy atom. The number of para-hydroxylation sites is 1. The molecule has 1 aromatic carbocycles. The molecule has 4 rings (SSSR count). The Morgan fingerprint density at radius 3 is 2.72 bits per heavy atom. The van der Waals surface area contributed by atoms with Crippen LogP contribution in [0.5, 0.6) is 0 Å². The van der Waals surface area contributed by atoms with Crippen molar-refractivity contribution in [1.29, 1.82) is 0 Å². The first-order valence-electron chi connectivity index (χ1n) is 10.3. The van der Waals surface area contributed by atoms with Gasteiger partial charge in [-0.05, 0) is 44.9 Å². The van der Waals surface area contributed by atoms with Crippen molar-refractivity contribution in [2.45, 2.75) is 45.7 Å². The molecule has 154 valence electrons. The van der Waals surface area contributed by atoms with E-state index in [0.717, 1.165) is 30.2 Å². The van der Waals surface area contributed by atoms with Gasteiger partial charge in [0.25, 0.3) is 0 Å². The topological polar surface area (TPSA) is 65.1 Å². The molecule has 0 aliphatic carbocycles. The summed E-state index contributed by atoms with van der Waals surface area (Å²) in [4.78, 5) is 20.8. The second kappa shape index (κ2) is 8.24. The van der Waals surface area contributed by atoms with Gasteiger partial charge in [0.15, 0.2) is 10.8 Å². The van der Waals surface area contributed by atoms with E-state index in [9.17, 15) is 4.79 Å². The Kier molecular flexibility index (Phi) is 5.69. The lowest BCUT2D eigenvalue weighted by Crippen LogP contribution is -2.55. The highest BCUT2D eigenvalue weighted by atomic mass is 32.1. The molecule has 1 aliphatic heterocycles. The van der Waals surface area contributed by atoms with Crippen LogP contribution in [-0.4, -0.2) is 58.1 Å². The molecule has 3 aromatic rings. The molecule has 0 radical (unpaired) electrons. The highest BCUT2D eigenvalue weighted by Gasteiger charge is 2.29. The number of anilines is 1. The van der Waals surface area contributed by atoms with Crippen LogP contribution in [0.15, 0.2) is 30.5 Å². The zero-order valence-electron chi connectivity index (χ0n) is 17.6. The van der Waals surface area contributed by atoms with Crippen LogP contribution in [0.3, 0.4) is 0 Å². The lowest BCUT2D eigenvalue weighted by atomic mass is 9.96. The Hall–Kier alpha value is -2.25. The Balaban J connectivity index is 1.39. The van der Waals surface area contributed by atoms with Gasteiger partial charge in [-0.15, -0.1) is 10.2 Å². The third kappa shape index (κ3) is 4.21. The van der Waals surface area contributed by atoms with Crippen molar-refractivity contribution >= 4 is 33.2 Å². The van der Waals surface area contributed by atoms with Crippen molar-refractivity contribution < 1.29 is 4.79 Å². The van der Waals surface area contributed by atoms with Crippen molar-refractivity contribution in [2.24, 2.45) is 5.92 Å². The SMILES string of the molecule is CC(CC(=O)c1nnc(N2C[C@@H](C)N(C)[C@H](C)C2)s1)Cc1c[nH]c2ccccc12. The van der Waals surface area contributed by atoms with Crippen molar-refractivity contribution in [3.63, 3.8) is 0 Å². The number of benzene rings is 1. The largest absolute Gasteiger partial charge is 0.361 e. The van der Waals surface area contributed by atoms with Crippen LogP contribution in [0.1, 0.15) is 42.6 Å². The third-order valence-electron chi connectivity index (χ3n) is 6.06. The van der Waals surface area contributed by atoms with E-state index in [1.54, 1.807) is 0 Å². The number of hydrogen-bond acceptors (Lipinski definition) is 6. The summed E-state index contributed by atoms with van der Waals surface area (Å²) in [5, 5.41) is 11.2. The minimum atomic E-state index is 0.0938. The van der Waals surface area contributed by atoms with Crippen LogP contribution in [0.4, 0.5) is 5.13 Å². The fourth-order valence-electron chi connectivity index (χ4n) is 4.17. The molecule has 7 heteroatoms. The lowest BCUT2D eigenvalue weighted by Gasteiger charge is -2.42. The predicted octanol–water partition coefficient (Wildman–Crippen LogP) is 4.00. The van der Waals surface area contributed by atoms with E-state index in [0.29, 0.717) is 23.5 Å². The number of piperazine rings is 1. The Labute approximate surface area is 175 Å². The molecule has 1 aliphatic rings. The summed E-state index contributed by atoms with van der Waals surface area (Å²) in [5.74, 6) is 0.342. The number of likely N-dealkylation sites (N-methyl/N-ethyl adjacent to an activating group) is 1. The smallest absolute Gasteiger partial charge is 0.208 e. The monoisotopic (exact) mass is 411 g/mol. The van der Waals surface area contributed by atoms with Gasteiger partial charge < -0.3 is 9.88 Å². The number of Topliss-reactive ketones (excluding diaryl/α,β-unsaturated/α-hetero) is 1. The summed E-state index contributed by atoms with van der Waals surface area (Å²) in [7, 11) is 2.16. The van der Waals surface area contributed by atoms with Crippen molar-refractivity contribution in [3.8, 4) is 0 Å². The van der Waals surface area contributed by atoms with Gasteiger partial charge in [0.05, 0.1) is 0 Å². The molecule has 3 heterocycles. The van der Waals surface area contributed by atoms with Gasteiger partial charge in [-0.2, -0.15) is 0 Å². The number of aromatic nitrogens is 3. The first-order chi connectivity index (χ1) is 13.9. The van der Waals surface area contributed by atoms with Crippen molar-refractivity contribution in [2.75, 3.05) is 25.0 Å². The van der Waals surface area contributed by atoms with Gasteiger partial charge in [0.2, 0.25) is 5.13 Å². The molecular formula is C22H29N5OS. The summed E-state index contributed by atoms with van der Waals surface area (Å²) in [6, 6.07) is 9.21. The van der Waals surface area contributed by atoms with Crippen LogP contribution in [0, 0.1) is 5.92 Å². The van der Waals surface area contributed by atoms with Crippen LogP contribution in [0.2, 0.25) is 0 Å². The molecular weight excluding hydrogens is 382 g/mol. The first-order valence-corrected chi connectivity index (χ1v) is 11.1. The molecule has 0 saturated carbocycles. The van der Waals surface area contributed by atoms with E-state index in [2.05, 4.69) is 77.2 Å². The maximum absolute atomic E-state index is 12.8. The molecule has 3 atom stereocenters. The normalized spacial score (nSPS) is 21.6. The molecule has 6 nitrogen and oxygen atoms in total. The zero-order valence-corrected chi connectivity index (χ0v) is 18.4. The molecule has 0 bridgehead atoms. The van der Waals surface area contributed by atoms with Gasteiger partial charge in [-0.1, -0.05) is 36.5 Å². The van der Waals surface area contributed by atoms with Crippen molar-refractivity contribution in [3.05, 3.63) is 41.0 Å².